The van der Waals surface area contributed by atoms with Crippen molar-refractivity contribution in [1.82, 2.24) is 4.90 Å². The molecule has 1 saturated heterocycles. The van der Waals surface area contributed by atoms with Crippen molar-refractivity contribution in [2.24, 2.45) is 32.5 Å². The van der Waals surface area contributed by atoms with Crippen molar-refractivity contribution in [2.45, 2.75) is 92.9 Å². The molecule has 38 heavy (non-hydrogen) atoms. The van der Waals surface area contributed by atoms with Gasteiger partial charge >= 0.3 is 0 Å². The van der Waals surface area contributed by atoms with E-state index in [1.165, 1.54) is 71.5 Å². The van der Waals surface area contributed by atoms with E-state index in [1.807, 2.05) is 27.7 Å². The van der Waals surface area contributed by atoms with Gasteiger partial charge in [0, 0.05) is 12.7 Å². The van der Waals surface area contributed by atoms with Crippen LogP contribution in [0.5, 0.6) is 5.75 Å². The highest BCUT2D eigenvalue weighted by molar-refractivity contribution is 6.32. The van der Waals surface area contributed by atoms with Crippen LogP contribution >= 0.6 is 11.6 Å². The Balaban J connectivity index is 0. The number of nitrogens with zero attached hydrogens (tertiary/aromatic N) is 4. The molecule has 0 radical (unpaired) electrons. The van der Waals surface area contributed by atoms with E-state index in [0.29, 0.717) is 16.5 Å². The summed E-state index contributed by atoms with van der Waals surface area (Å²) in [7, 11) is 5.28. The Kier molecular flexibility index (Phi) is 25.2. The molecule has 0 atom stereocenters. The van der Waals surface area contributed by atoms with Gasteiger partial charge in [0.1, 0.15) is 5.75 Å². The second kappa shape index (κ2) is 25.2. The van der Waals surface area contributed by atoms with E-state index in [0.717, 1.165) is 11.8 Å². The van der Waals surface area contributed by atoms with E-state index in [1.54, 1.807) is 25.3 Å². The van der Waals surface area contributed by atoms with Gasteiger partial charge in [-0.15, -0.1) is 0 Å². The lowest BCUT2D eigenvalue weighted by molar-refractivity contribution is 0.230. The van der Waals surface area contributed by atoms with Crippen molar-refractivity contribution in [3.05, 3.63) is 23.2 Å². The summed E-state index contributed by atoms with van der Waals surface area (Å²) >= 11 is 5.99. The molecule has 1 heterocycles. The van der Waals surface area contributed by atoms with Crippen LogP contribution in [0.15, 0.2) is 33.2 Å². The molecule has 220 valence electrons. The quantitative estimate of drug-likeness (QED) is 0.220. The molecule has 0 bridgehead atoms. The number of rotatable bonds is 2. The van der Waals surface area contributed by atoms with Gasteiger partial charge < -0.3 is 20.7 Å². The summed E-state index contributed by atoms with van der Waals surface area (Å²) in [6.45, 7) is 18.7. The lowest BCUT2D eigenvalue weighted by Crippen LogP contribution is -2.28. The molecule has 0 aromatic heterocycles. The first-order chi connectivity index (χ1) is 18.3. The van der Waals surface area contributed by atoms with Crippen LogP contribution in [-0.4, -0.2) is 57.8 Å². The number of ether oxygens (including phenoxy) is 1. The van der Waals surface area contributed by atoms with Gasteiger partial charge in [-0.25, -0.2) is 4.99 Å². The number of hydrogen-bond donors (Lipinski definition) is 2. The van der Waals surface area contributed by atoms with Crippen LogP contribution in [0.3, 0.4) is 0 Å². The maximum atomic E-state index is 5.99. The highest BCUT2D eigenvalue weighted by atomic mass is 35.5. The van der Waals surface area contributed by atoms with E-state index >= 15 is 0 Å². The minimum atomic E-state index is 0.101. The molecule has 3 N–H and O–H groups in total. The molecule has 2 aliphatic rings. The van der Waals surface area contributed by atoms with E-state index < -0.39 is 0 Å². The van der Waals surface area contributed by atoms with Crippen molar-refractivity contribution < 1.29 is 4.74 Å². The second-order valence-corrected chi connectivity index (χ2v) is 9.64. The van der Waals surface area contributed by atoms with E-state index in [4.69, 9.17) is 22.1 Å². The number of likely N-dealkylation sites (tertiary alicyclic amines) is 1. The molecule has 1 aliphatic carbocycles. The number of aliphatic imine (C=N–C) groups is 3. The van der Waals surface area contributed by atoms with Crippen LogP contribution in [0.1, 0.15) is 92.9 Å². The summed E-state index contributed by atoms with van der Waals surface area (Å²) in [5.74, 6) is 2.93. The summed E-state index contributed by atoms with van der Waals surface area (Å²) in [5, 5.41) is 3.38. The lowest BCUT2D eigenvalue weighted by atomic mass is 10.00. The van der Waals surface area contributed by atoms with E-state index in [2.05, 4.69) is 52.8 Å². The van der Waals surface area contributed by atoms with Crippen LogP contribution in [0.25, 0.3) is 0 Å². The van der Waals surface area contributed by atoms with Gasteiger partial charge in [0.05, 0.1) is 12.1 Å². The molecule has 0 amide bonds. The number of halogens is 1. The van der Waals surface area contributed by atoms with Crippen LogP contribution in [0.2, 0.25) is 5.02 Å². The van der Waals surface area contributed by atoms with Gasteiger partial charge in [0.15, 0.2) is 0 Å². The van der Waals surface area contributed by atoms with E-state index in [9.17, 15) is 0 Å². The molecular formula is C30H57ClN6O. The largest absolute Gasteiger partial charge is 0.495 e. The molecule has 1 saturated carbocycles. The van der Waals surface area contributed by atoms with Crippen molar-refractivity contribution >= 4 is 35.9 Å². The van der Waals surface area contributed by atoms with E-state index in [-0.39, 0.29) is 11.9 Å². The summed E-state index contributed by atoms with van der Waals surface area (Å²) in [6.07, 6.45) is 11.7. The number of guanidine groups is 2. The number of methoxy groups -OCH3 is 1. The molecule has 1 aromatic rings. The maximum Gasteiger partial charge on any atom is 0.229 e. The third kappa shape index (κ3) is 19.0. The molecule has 8 heteroatoms. The van der Waals surface area contributed by atoms with Crippen LogP contribution in [0, 0.1) is 11.8 Å². The average molecular weight is 553 g/mol. The molecule has 7 nitrogen and oxygen atoms in total. The third-order valence-electron chi connectivity index (χ3n) is 6.16. The van der Waals surface area contributed by atoms with Gasteiger partial charge in [-0.2, -0.15) is 4.99 Å². The highest BCUT2D eigenvalue weighted by Gasteiger charge is 2.10. The summed E-state index contributed by atoms with van der Waals surface area (Å²) in [6, 6.07) is 5.17. The van der Waals surface area contributed by atoms with Crippen molar-refractivity contribution in [1.29, 1.82) is 0 Å². The monoisotopic (exact) mass is 552 g/mol. The maximum absolute atomic E-state index is 5.99. The third-order valence-corrected chi connectivity index (χ3v) is 6.45. The van der Waals surface area contributed by atoms with Gasteiger partial charge in [-0.3, -0.25) is 4.99 Å². The fourth-order valence-electron chi connectivity index (χ4n) is 3.76. The fourth-order valence-corrected chi connectivity index (χ4v) is 4.01. The smallest absolute Gasteiger partial charge is 0.229 e. The summed E-state index contributed by atoms with van der Waals surface area (Å²) < 4.78 is 5.05. The molecule has 3 rings (SSSR count). The minimum absolute atomic E-state index is 0.101. The predicted octanol–water partition coefficient (Wildman–Crippen LogP) is 8.14. The molecule has 2 fully saturated rings. The fraction of sp³-hybridized carbons (Fsp3) is 0.700. The Morgan fingerprint density at radius 1 is 1.00 bits per heavy atom. The first-order valence-corrected chi connectivity index (χ1v) is 14.7. The van der Waals surface area contributed by atoms with Gasteiger partial charge in [-0.05, 0) is 69.7 Å². The normalized spacial score (nSPS) is 16.9. The lowest BCUT2D eigenvalue weighted by Gasteiger charge is -2.26. The van der Waals surface area contributed by atoms with Gasteiger partial charge in [-0.1, -0.05) is 91.7 Å². The number of benzene rings is 1. The number of nitrogens with two attached hydrogens (primary N) is 1. The topological polar surface area (TPSA) is 87.6 Å². The number of hydrogen-bond acceptors (Lipinski definition) is 3. The summed E-state index contributed by atoms with van der Waals surface area (Å²) in [5.41, 5.74) is 6.16. The Hall–Kier alpha value is -2.12. The number of anilines is 1. The Morgan fingerprint density at radius 2 is 1.53 bits per heavy atom. The molecule has 0 spiro atoms. The van der Waals surface area contributed by atoms with Crippen LogP contribution in [-0.2, 0) is 0 Å². The van der Waals surface area contributed by atoms with Crippen molar-refractivity contribution in [3.8, 4) is 5.75 Å². The Labute approximate surface area is 239 Å². The van der Waals surface area contributed by atoms with Gasteiger partial charge in [0.25, 0.3) is 0 Å². The molecule has 0 unspecified atom stereocenters. The first kappa shape index (κ1) is 38.0. The Morgan fingerprint density at radius 3 is 1.95 bits per heavy atom. The first-order valence-electron chi connectivity index (χ1n) is 14.4. The molecule has 1 aromatic carbocycles. The average Bonchev–Trinajstić information content (AvgIpc) is 3.20. The van der Waals surface area contributed by atoms with Crippen molar-refractivity contribution in [2.75, 3.05) is 39.6 Å². The SMILES string of the molecule is C=N/C(=N\C(N)=NC)Nc1ccc(OC)c(Cl)c1.CC.CC.CC1CCCCCC1.CC1CCN(C)CC1. The van der Waals surface area contributed by atoms with Gasteiger partial charge in [0.2, 0.25) is 11.9 Å². The standard InChI is InChI=1S/C11H14ClN5O.C8H16.C7H15N.2C2H6/c1-14-10(13)17-11(15-2)16-7-4-5-9(18-3)8(12)6-7;1-8-6-4-2-3-5-7-8;1-7-3-5-8(2)6-4-7;2*1-2/h4-6H,2H2,1,3H3,(H3,13,14,16,17);8H,2-7H2,1H3;7H,3-6H2,1-2H3;2*1-2H3. The number of nitrogens with one attached hydrogen (secondary N) is 1. The molecule has 1 aliphatic heterocycles. The number of piperidine rings is 1. The highest BCUT2D eigenvalue weighted by Crippen LogP contribution is 2.27. The minimum Gasteiger partial charge on any atom is -0.495 e. The molecular weight excluding hydrogens is 496 g/mol. The Bertz CT molecular complexity index is 758. The summed E-state index contributed by atoms with van der Waals surface area (Å²) in [4.78, 5) is 13.7. The zero-order valence-electron chi connectivity index (χ0n) is 25.8. The van der Waals surface area contributed by atoms with Crippen LogP contribution in [0.4, 0.5) is 5.69 Å². The zero-order valence-corrected chi connectivity index (χ0v) is 26.6. The van der Waals surface area contributed by atoms with Crippen LogP contribution < -0.4 is 15.8 Å². The second-order valence-electron chi connectivity index (χ2n) is 9.23. The zero-order chi connectivity index (χ0) is 29.3. The van der Waals surface area contributed by atoms with Crippen molar-refractivity contribution in [3.63, 3.8) is 0 Å². The predicted molar refractivity (Wildman–Crippen MR) is 172 cm³/mol.